The summed E-state index contributed by atoms with van der Waals surface area (Å²) in [6.07, 6.45) is 0.594. The minimum atomic E-state index is -0.409. The zero-order valence-electron chi connectivity index (χ0n) is 8.79. The average Bonchev–Trinajstić information content (AvgIpc) is 2.03. The second-order valence-electron chi connectivity index (χ2n) is 3.51. The van der Waals surface area contributed by atoms with Crippen LogP contribution in [0.2, 0.25) is 0 Å². The highest BCUT2D eigenvalue weighted by Crippen LogP contribution is 2.03. The highest BCUT2D eigenvalue weighted by atomic mass is 16.5. The van der Waals surface area contributed by atoms with Gasteiger partial charge in [-0.1, -0.05) is 20.8 Å². The van der Waals surface area contributed by atoms with Gasteiger partial charge in [-0.05, 0) is 13.3 Å². The van der Waals surface area contributed by atoms with Crippen LogP contribution in [0.3, 0.4) is 0 Å². The Kier molecular flexibility index (Phi) is 5.35. The van der Waals surface area contributed by atoms with Gasteiger partial charge in [-0.3, -0.25) is 9.59 Å². The minimum absolute atomic E-state index is 0.0618. The molecule has 0 fully saturated rings. The molecule has 0 aromatic rings. The second kappa shape index (κ2) is 5.73. The normalized spacial score (nSPS) is 12.7. The van der Waals surface area contributed by atoms with E-state index in [4.69, 9.17) is 4.74 Å². The monoisotopic (exact) mass is 186 g/mol. The summed E-state index contributed by atoms with van der Waals surface area (Å²) in [5.41, 5.74) is 0. The molecule has 0 saturated carbocycles. The zero-order valence-corrected chi connectivity index (χ0v) is 8.79. The summed E-state index contributed by atoms with van der Waals surface area (Å²) < 4.78 is 4.96. The quantitative estimate of drug-likeness (QED) is 0.487. The molecule has 0 bridgehead atoms. The van der Waals surface area contributed by atoms with Crippen molar-refractivity contribution in [1.29, 1.82) is 0 Å². The second-order valence-corrected chi connectivity index (χ2v) is 3.51. The molecule has 0 saturated heterocycles. The molecule has 0 amide bonds. The van der Waals surface area contributed by atoms with E-state index in [1.807, 2.05) is 13.8 Å². The number of esters is 1. The van der Waals surface area contributed by atoms with Crippen LogP contribution in [-0.2, 0) is 14.3 Å². The number of hydrogen-bond acceptors (Lipinski definition) is 3. The number of hydrogen-bond donors (Lipinski definition) is 0. The van der Waals surface area contributed by atoms with Gasteiger partial charge >= 0.3 is 5.97 Å². The molecule has 0 aromatic carbocycles. The van der Waals surface area contributed by atoms with E-state index in [0.717, 1.165) is 6.42 Å². The molecule has 0 spiro atoms. The summed E-state index contributed by atoms with van der Waals surface area (Å²) in [5, 5.41) is 0. The van der Waals surface area contributed by atoms with Gasteiger partial charge < -0.3 is 4.74 Å². The molecule has 76 valence electrons. The number of carbonyl (C=O) groups excluding carboxylic acids is 2. The molecular formula is C10H18O3. The van der Waals surface area contributed by atoms with E-state index in [0.29, 0.717) is 0 Å². The Hall–Kier alpha value is -0.860. The molecular weight excluding hydrogens is 168 g/mol. The van der Waals surface area contributed by atoms with Crippen molar-refractivity contribution in [2.75, 3.05) is 0 Å². The predicted octanol–water partition coefficient (Wildman–Crippen LogP) is 1.94. The van der Waals surface area contributed by atoms with Gasteiger partial charge in [0.25, 0.3) is 0 Å². The topological polar surface area (TPSA) is 43.4 Å². The Bertz CT molecular complexity index is 185. The van der Waals surface area contributed by atoms with E-state index >= 15 is 0 Å². The highest BCUT2D eigenvalue weighted by Gasteiger charge is 2.15. The lowest BCUT2D eigenvalue weighted by atomic mass is 10.1. The number of ether oxygens (including phenoxy) is 1. The Labute approximate surface area is 79.5 Å². The first-order chi connectivity index (χ1) is 5.97. The van der Waals surface area contributed by atoms with Gasteiger partial charge in [0.2, 0.25) is 0 Å². The van der Waals surface area contributed by atoms with Crippen LogP contribution in [-0.4, -0.2) is 17.9 Å². The van der Waals surface area contributed by atoms with Gasteiger partial charge in [0.05, 0.1) is 6.10 Å². The van der Waals surface area contributed by atoms with Crippen LogP contribution in [0, 0.1) is 5.92 Å². The van der Waals surface area contributed by atoms with Crippen molar-refractivity contribution in [3.63, 3.8) is 0 Å². The third-order valence-electron chi connectivity index (χ3n) is 1.87. The van der Waals surface area contributed by atoms with Crippen molar-refractivity contribution in [3.05, 3.63) is 0 Å². The third kappa shape index (κ3) is 5.39. The van der Waals surface area contributed by atoms with Crippen LogP contribution in [0.25, 0.3) is 0 Å². The summed E-state index contributed by atoms with van der Waals surface area (Å²) in [6, 6.07) is 0. The molecule has 3 heteroatoms. The molecule has 0 heterocycles. The van der Waals surface area contributed by atoms with Crippen molar-refractivity contribution >= 4 is 11.8 Å². The summed E-state index contributed by atoms with van der Waals surface area (Å²) >= 11 is 0. The van der Waals surface area contributed by atoms with Gasteiger partial charge in [0.1, 0.15) is 12.2 Å². The van der Waals surface area contributed by atoms with Gasteiger partial charge in [0, 0.05) is 5.92 Å². The van der Waals surface area contributed by atoms with E-state index in [-0.39, 0.29) is 24.2 Å². The molecule has 1 unspecified atom stereocenters. The molecule has 0 radical (unpaired) electrons. The molecule has 0 rings (SSSR count). The average molecular weight is 186 g/mol. The van der Waals surface area contributed by atoms with E-state index in [2.05, 4.69) is 0 Å². The minimum Gasteiger partial charge on any atom is -0.462 e. The zero-order chi connectivity index (χ0) is 10.4. The van der Waals surface area contributed by atoms with Crippen LogP contribution in [0.15, 0.2) is 0 Å². The Morgan fingerprint density at radius 1 is 1.23 bits per heavy atom. The van der Waals surface area contributed by atoms with Gasteiger partial charge in [0.15, 0.2) is 0 Å². The molecule has 3 nitrogen and oxygen atoms in total. The van der Waals surface area contributed by atoms with Crippen LogP contribution >= 0.6 is 0 Å². The fourth-order valence-corrected chi connectivity index (χ4v) is 0.696. The van der Waals surface area contributed by atoms with Crippen molar-refractivity contribution in [3.8, 4) is 0 Å². The first kappa shape index (κ1) is 12.1. The van der Waals surface area contributed by atoms with Crippen molar-refractivity contribution in [2.24, 2.45) is 5.92 Å². The fraction of sp³-hybridized carbons (Fsp3) is 0.800. The van der Waals surface area contributed by atoms with Crippen LogP contribution < -0.4 is 0 Å². The summed E-state index contributed by atoms with van der Waals surface area (Å²) in [4.78, 5) is 22.2. The molecule has 1 atom stereocenters. The first-order valence-corrected chi connectivity index (χ1v) is 4.69. The molecule has 0 aromatic heterocycles. The van der Waals surface area contributed by atoms with Crippen LogP contribution in [0.5, 0.6) is 0 Å². The SMILES string of the molecule is CCC(C)OC(=O)CC(=O)C(C)C. The van der Waals surface area contributed by atoms with Crippen LogP contribution in [0.1, 0.15) is 40.5 Å². The van der Waals surface area contributed by atoms with Crippen molar-refractivity contribution in [1.82, 2.24) is 0 Å². The van der Waals surface area contributed by atoms with Crippen molar-refractivity contribution in [2.45, 2.75) is 46.6 Å². The van der Waals surface area contributed by atoms with E-state index in [1.54, 1.807) is 13.8 Å². The number of ketones is 1. The van der Waals surface area contributed by atoms with E-state index in [9.17, 15) is 9.59 Å². The maximum absolute atomic E-state index is 11.1. The Balaban J connectivity index is 3.81. The number of Topliss-reactive ketones (excluding diaryl/α,β-unsaturated/α-hetero) is 1. The molecule has 0 aliphatic carbocycles. The number of carbonyl (C=O) groups is 2. The van der Waals surface area contributed by atoms with E-state index < -0.39 is 5.97 Å². The summed E-state index contributed by atoms with van der Waals surface area (Å²) in [5.74, 6) is -0.564. The maximum atomic E-state index is 11.1. The first-order valence-electron chi connectivity index (χ1n) is 4.69. The molecule has 0 N–H and O–H groups in total. The molecule has 13 heavy (non-hydrogen) atoms. The highest BCUT2D eigenvalue weighted by molar-refractivity contribution is 5.96. The maximum Gasteiger partial charge on any atom is 0.313 e. The third-order valence-corrected chi connectivity index (χ3v) is 1.87. The summed E-state index contributed by atoms with van der Waals surface area (Å²) in [6.45, 7) is 7.30. The van der Waals surface area contributed by atoms with E-state index in [1.165, 1.54) is 0 Å². The van der Waals surface area contributed by atoms with Gasteiger partial charge in [-0.25, -0.2) is 0 Å². The fourth-order valence-electron chi connectivity index (χ4n) is 0.696. The standard InChI is InChI=1S/C10H18O3/c1-5-8(4)13-10(12)6-9(11)7(2)3/h7-8H,5-6H2,1-4H3. The molecule has 0 aliphatic rings. The largest absolute Gasteiger partial charge is 0.462 e. The number of rotatable bonds is 5. The van der Waals surface area contributed by atoms with Gasteiger partial charge in [-0.15, -0.1) is 0 Å². The summed E-state index contributed by atoms with van der Waals surface area (Å²) in [7, 11) is 0. The Morgan fingerprint density at radius 3 is 2.15 bits per heavy atom. The lowest BCUT2D eigenvalue weighted by molar-refractivity contribution is -0.150. The molecule has 0 aliphatic heterocycles. The lowest BCUT2D eigenvalue weighted by Gasteiger charge is -2.10. The van der Waals surface area contributed by atoms with Gasteiger partial charge in [-0.2, -0.15) is 0 Å². The smallest absolute Gasteiger partial charge is 0.313 e. The van der Waals surface area contributed by atoms with Crippen LogP contribution in [0.4, 0.5) is 0 Å². The van der Waals surface area contributed by atoms with Crippen molar-refractivity contribution < 1.29 is 14.3 Å². The lowest BCUT2D eigenvalue weighted by Crippen LogP contribution is -2.19. The predicted molar refractivity (Wildman–Crippen MR) is 50.3 cm³/mol. The Morgan fingerprint density at radius 2 is 1.77 bits per heavy atom.